The van der Waals surface area contributed by atoms with E-state index in [0.717, 1.165) is 22.6 Å². The maximum atomic E-state index is 14.2. The highest BCUT2D eigenvalue weighted by Gasteiger charge is 2.32. The molecule has 3 N–H and O–H groups in total. The Balaban J connectivity index is 1.89. The van der Waals surface area contributed by atoms with Crippen molar-refractivity contribution in [1.29, 1.82) is 0 Å². The second-order valence-electron chi connectivity index (χ2n) is 5.80. The third kappa shape index (κ3) is 3.87. The van der Waals surface area contributed by atoms with Crippen LogP contribution in [0.4, 0.5) is 14.5 Å². The Hall–Kier alpha value is -3.08. The first kappa shape index (κ1) is 18.7. The van der Waals surface area contributed by atoms with Crippen molar-refractivity contribution in [3.05, 3.63) is 59.4 Å². The van der Waals surface area contributed by atoms with E-state index in [0.29, 0.717) is 0 Å². The molecule has 2 heterocycles. The van der Waals surface area contributed by atoms with Crippen molar-refractivity contribution in [3.63, 3.8) is 0 Å². The molecule has 0 saturated heterocycles. The fourth-order valence-corrected chi connectivity index (χ4v) is 3.68. The first-order valence-corrected chi connectivity index (χ1v) is 9.30. The first-order chi connectivity index (χ1) is 12.7. The first-order valence-electron chi connectivity index (χ1n) is 7.69. The largest absolute Gasteiger partial charge is 0.369 e. The van der Waals surface area contributed by atoms with Crippen molar-refractivity contribution < 1.29 is 22.0 Å². The molecule has 1 unspecified atom stereocenters. The van der Waals surface area contributed by atoms with Gasteiger partial charge < -0.3 is 11.1 Å². The number of hydrogen-bond acceptors (Lipinski definition) is 6. The molecule has 1 aliphatic heterocycles. The number of benzene rings is 1. The minimum absolute atomic E-state index is 0.0282. The fraction of sp³-hybridized carbons (Fsp3) is 0.188. The quantitative estimate of drug-likeness (QED) is 0.811. The van der Waals surface area contributed by atoms with Gasteiger partial charge in [0.1, 0.15) is 17.3 Å². The van der Waals surface area contributed by atoms with Crippen molar-refractivity contribution >= 4 is 27.6 Å². The molecule has 1 amide bonds. The van der Waals surface area contributed by atoms with Crippen LogP contribution in [0.3, 0.4) is 0 Å². The maximum Gasteiger partial charge on any atom is 0.274 e. The summed E-state index contributed by atoms with van der Waals surface area (Å²) in [6.07, 6.45) is 0.895. The number of pyridine rings is 1. The number of nitrogens with zero attached hydrogens (tertiary/aromatic N) is 3. The topological polar surface area (TPSA) is 118 Å². The summed E-state index contributed by atoms with van der Waals surface area (Å²) in [6, 6.07) is 4.89. The molecule has 142 valence electrons. The number of carbonyl (C=O) groups excluding carboxylic acids is 1. The van der Waals surface area contributed by atoms with Crippen LogP contribution in [0.15, 0.2) is 41.5 Å². The number of nitrogens with two attached hydrogens (primary N) is 1. The Morgan fingerprint density at radius 2 is 2.04 bits per heavy atom. The normalized spacial score (nSPS) is 18.7. The number of nitrogens with one attached hydrogen (secondary N) is 1. The van der Waals surface area contributed by atoms with E-state index in [1.807, 2.05) is 0 Å². The van der Waals surface area contributed by atoms with Crippen LogP contribution in [-0.4, -0.2) is 42.4 Å². The zero-order valence-electron chi connectivity index (χ0n) is 14.1. The van der Waals surface area contributed by atoms with Gasteiger partial charge >= 0.3 is 0 Å². The van der Waals surface area contributed by atoms with E-state index >= 15 is 0 Å². The van der Waals surface area contributed by atoms with Gasteiger partial charge in [-0.3, -0.25) is 4.79 Å². The van der Waals surface area contributed by atoms with Gasteiger partial charge in [-0.25, -0.2) is 31.5 Å². The molecule has 0 fully saturated rings. The highest BCUT2D eigenvalue weighted by Crippen LogP contribution is 2.29. The summed E-state index contributed by atoms with van der Waals surface area (Å²) in [6.45, 7) is 0. The Kier molecular flexibility index (Phi) is 4.79. The molecule has 1 aromatic heterocycles. The van der Waals surface area contributed by atoms with E-state index in [1.54, 1.807) is 0 Å². The van der Waals surface area contributed by atoms with Gasteiger partial charge in [-0.1, -0.05) is 0 Å². The lowest BCUT2D eigenvalue weighted by Gasteiger charge is -2.27. The predicted molar refractivity (Wildman–Crippen MR) is 94.5 cm³/mol. The van der Waals surface area contributed by atoms with E-state index in [1.165, 1.54) is 25.2 Å². The molecular formula is C16H15F2N5O3S. The predicted octanol–water partition coefficient (Wildman–Crippen LogP) is 1.24. The standard InChI is InChI=1S/C16H15F2N5O3S/c1-23-16(19)22-14(8-27(23,25)26)11-6-10(3-4-12(11)18)21-15(24)13-5-2-9(17)7-20-13/h2-7,14H,8H2,1H3,(H2,19,22)(H,21,24). The van der Waals surface area contributed by atoms with Crippen molar-refractivity contribution in [2.45, 2.75) is 6.04 Å². The molecule has 27 heavy (non-hydrogen) atoms. The summed E-state index contributed by atoms with van der Waals surface area (Å²) in [7, 11) is -2.47. The second kappa shape index (κ2) is 6.91. The minimum atomic E-state index is -3.73. The SMILES string of the molecule is CN1C(N)=NC(c2cc(NC(=O)c3ccc(F)cn3)ccc2F)CS1(=O)=O. The van der Waals surface area contributed by atoms with Crippen LogP contribution in [0, 0.1) is 11.6 Å². The molecule has 0 bridgehead atoms. The van der Waals surface area contributed by atoms with Crippen LogP contribution in [-0.2, 0) is 10.0 Å². The van der Waals surface area contributed by atoms with Gasteiger partial charge in [-0.15, -0.1) is 0 Å². The number of rotatable bonds is 3. The molecule has 1 aliphatic rings. The number of amides is 1. The zero-order chi connectivity index (χ0) is 19.8. The third-order valence-electron chi connectivity index (χ3n) is 3.97. The number of aliphatic imine (C=N–C) groups is 1. The molecule has 0 aliphatic carbocycles. The average molecular weight is 395 g/mol. The van der Waals surface area contributed by atoms with Crippen molar-refractivity contribution in [3.8, 4) is 0 Å². The molecule has 3 rings (SSSR count). The van der Waals surface area contributed by atoms with E-state index < -0.39 is 39.4 Å². The Labute approximate surface area is 153 Å². The second-order valence-corrected chi connectivity index (χ2v) is 7.85. The summed E-state index contributed by atoms with van der Waals surface area (Å²) in [4.78, 5) is 19.8. The summed E-state index contributed by atoms with van der Waals surface area (Å²) in [5.74, 6) is -2.62. The molecule has 8 nitrogen and oxygen atoms in total. The average Bonchev–Trinajstić information content (AvgIpc) is 2.61. The number of carbonyl (C=O) groups is 1. The van der Waals surface area contributed by atoms with Crippen LogP contribution >= 0.6 is 0 Å². The summed E-state index contributed by atoms with van der Waals surface area (Å²) < 4.78 is 52.2. The maximum absolute atomic E-state index is 14.2. The van der Waals surface area contributed by atoms with Gasteiger partial charge in [-0.2, -0.15) is 0 Å². The van der Waals surface area contributed by atoms with Crippen molar-refractivity contribution in [1.82, 2.24) is 9.29 Å². The fourth-order valence-electron chi connectivity index (χ4n) is 2.47. The molecular weight excluding hydrogens is 380 g/mol. The molecule has 1 aromatic carbocycles. The number of guanidine groups is 1. The van der Waals surface area contributed by atoms with Gasteiger partial charge in [0, 0.05) is 18.3 Å². The highest BCUT2D eigenvalue weighted by molar-refractivity contribution is 7.89. The smallest absolute Gasteiger partial charge is 0.274 e. The van der Waals surface area contributed by atoms with Crippen LogP contribution in [0.25, 0.3) is 0 Å². The van der Waals surface area contributed by atoms with Crippen molar-refractivity contribution in [2.24, 2.45) is 10.7 Å². The van der Waals surface area contributed by atoms with Crippen LogP contribution in [0.2, 0.25) is 0 Å². The lowest BCUT2D eigenvalue weighted by atomic mass is 10.1. The Morgan fingerprint density at radius 3 is 2.67 bits per heavy atom. The molecule has 0 radical (unpaired) electrons. The van der Waals surface area contributed by atoms with Gasteiger partial charge in [0.25, 0.3) is 5.91 Å². The lowest BCUT2D eigenvalue weighted by Crippen LogP contribution is -2.45. The van der Waals surface area contributed by atoms with E-state index in [9.17, 15) is 22.0 Å². The zero-order valence-corrected chi connectivity index (χ0v) is 14.9. The summed E-state index contributed by atoms with van der Waals surface area (Å²) in [5, 5.41) is 2.49. The van der Waals surface area contributed by atoms with E-state index in [-0.39, 0.29) is 22.9 Å². The van der Waals surface area contributed by atoms with Gasteiger partial charge in [-0.05, 0) is 30.3 Å². The Morgan fingerprint density at radius 1 is 1.30 bits per heavy atom. The number of sulfonamides is 1. The van der Waals surface area contributed by atoms with Gasteiger partial charge in [0.2, 0.25) is 16.0 Å². The lowest BCUT2D eigenvalue weighted by molar-refractivity contribution is 0.102. The van der Waals surface area contributed by atoms with Gasteiger partial charge in [0.05, 0.1) is 18.0 Å². The highest BCUT2D eigenvalue weighted by atomic mass is 32.2. The monoisotopic (exact) mass is 395 g/mol. The molecule has 2 aromatic rings. The number of anilines is 1. The van der Waals surface area contributed by atoms with Crippen LogP contribution < -0.4 is 11.1 Å². The van der Waals surface area contributed by atoms with Crippen LogP contribution in [0.1, 0.15) is 22.1 Å². The van der Waals surface area contributed by atoms with Crippen molar-refractivity contribution in [2.75, 3.05) is 18.1 Å². The van der Waals surface area contributed by atoms with Crippen LogP contribution in [0.5, 0.6) is 0 Å². The molecule has 0 spiro atoms. The number of hydrogen-bond donors (Lipinski definition) is 2. The Bertz CT molecular complexity index is 1020. The molecule has 11 heteroatoms. The van der Waals surface area contributed by atoms with E-state index in [4.69, 9.17) is 5.73 Å². The minimum Gasteiger partial charge on any atom is -0.369 e. The number of aromatic nitrogens is 1. The molecule has 1 atom stereocenters. The third-order valence-corrected chi connectivity index (χ3v) is 5.73. The molecule has 0 saturated carbocycles. The van der Waals surface area contributed by atoms with E-state index in [2.05, 4.69) is 15.3 Å². The summed E-state index contributed by atoms with van der Waals surface area (Å²) in [5.41, 5.74) is 5.74. The number of halogens is 2. The van der Waals surface area contributed by atoms with Gasteiger partial charge in [0.15, 0.2) is 0 Å². The summed E-state index contributed by atoms with van der Waals surface area (Å²) >= 11 is 0.